The third-order valence-electron chi connectivity index (χ3n) is 2.94. The molecular formula is C15H17ClN2O3. The van der Waals surface area contributed by atoms with Gasteiger partial charge in [0.05, 0.1) is 17.8 Å². The van der Waals surface area contributed by atoms with Crippen molar-refractivity contribution in [1.82, 2.24) is 9.78 Å². The highest BCUT2D eigenvalue weighted by molar-refractivity contribution is 6.32. The van der Waals surface area contributed by atoms with Crippen LogP contribution in [0.3, 0.4) is 0 Å². The van der Waals surface area contributed by atoms with E-state index in [4.69, 9.17) is 21.1 Å². The molecule has 0 radical (unpaired) electrons. The molecule has 0 atom stereocenters. The third kappa shape index (κ3) is 3.55. The molecule has 2 aromatic rings. The van der Waals surface area contributed by atoms with Gasteiger partial charge in [-0.15, -0.1) is 0 Å². The van der Waals surface area contributed by atoms with Gasteiger partial charge >= 0.3 is 0 Å². The zero-order chi connectivity index (χ0) is 15.4. The molecule has 0 aliphatic heterocycles. The standard InChI is InChI=1S/C15H17ClN2O3/c1-10(2)18-5-4-12(17-18)9-21-15-13(16)6-11(8-19)7-14(15)20-3/h4-8,10H,9H2,1-3H3. The van der Waals surface area contributed by atoms with E-state index in [2.05, 4.69) is 18.9 Å². The number of methoxy groups -OCH3 is 1. The van der Waals surface area contributed by atoms with Crippen LogP contribution in [0, 0.1) is 0 Å². The van der Waals surface area contributed by atoms with Gasteiger partial charge in [-0.25, -0.2) is 0 Å². The van der Waals surface area contributed by atoms with Gasteiger partial charge in [0.2, 0.25) is 0 Å². The van der Waals surface area contributed by atoms with Crippen molar-refractivity contribution in [2.75, 3.05) is 7.11 Å². The van der Waals surface area contributed by atoms with Gasteiger partial charge in [-0.1, -0.05) is 11.6 Å². The molecule has 0 spiro atoms. The predicted octanol–water partition coefficient (Wildman–Crippen LogP) is 3.52. The Hall–Kier alpha value is -2.01. The topological polar surface area (TPSA) is 53.4 Å². The summed E-state index contributed by atoms with van der Waals surface area (Å²) in [7, 11) is 1.50. The van der Waals surface area contributed by atoms with E-state index in [0.717, 1.165) is 5.69 Å². The summed E-state index contributed by atoms with van der Waals surface area (Å²) < 4.78 is 12.7. The highest BCUT2D eigenvalue weighted by atomic mass is 35.5. The highest BCUT2D eigenvalue weighted by Crippen LogP contribution is 2.36. The summed E-state index contributed by atoms with van der Waals surface area (Å²) in [6.45, 7) is 4.38. The third-order valence-corrected chi connectivity index (χ3v) is 3.23. The molecule has 112 valence electrons. The Bertz CT molecular complexity index is 638. The quantitative estimate of drug-likeness (QED) is 0.766. The fraction of sp³-hybridized carbons (Fsp3) is 0.333. The summed E-state index contributed by atoms with van der Waals surface area (Å²) in [6, 6.07) is 5.31. The molecule has 0 aliphatic rings. The number of nitrogens with zero attached hydrogens (tertiary/aromatic N) is 2. The molecule has 0 saturated carbocycles. The maximum Gasteiger partial charge on any atom is 0.180 e. The largest absolute Gasteiger partial charge is 0.493 e. The Balaban J connectivity index is 2.17. The number of hydrogen-bond acceptors (Lipinski definition) is 4. The molecule has 0 bridgehead atoms. The zero-order valence-electron chi connectivity index (χ0n) is 12.2. The Morgan fingerprint density at radius 1 is 1.43 bits per heavy atom. The average Bonchev–Trinajstić information content (AvgIpc) is 2.94. The summed E-state index contributed by atoms with van der Waals surface area (Å²) in [5, 5.41) is 4.73. The molecule has 6 heteroatoms. The second kappa shape index (κ2) is 6.63. The summed E-state index contributed by atoms with van der Waals surface area (Å²) in [5.41, 5.74) is 1.23. The van der Waals surface area contributed by atoms with Gasteiger partial charge in [0.25, 0.3) is 0 Å². The van der Waals surface area contributed by atoms with Gasteiger partial charge in [-0.05, 0) is 32.0 Å². The van der Waals surface area contributed by atoms with Gasteiger partial charge in [-0.2, -0.15) is 5.10 Å². The molecule has 1 aromatic heterocycles. The predicted molar refractivity (Wildman–Crippen MR) is 80.3 cm³/mol. The monoisotopic (exact) mass is 308 g/mol. The van der Waals surface area contributed by atoms with Crippen molar-refractivity contribution in [2.45, 2.75) is 26.5 Å². The second-order valence-electron chi connectivity index (χ2n) is 4.82. The second-order valence-corrected chi connectivity index (χ2v) is 5.23. The zero-order valence-corrected chi connectivity index (χ0v) is 12.9. The number of aromatic nitrogens is 2. The van der Waals surface area contributed by atoms with Crippen LogP contribution in [0.4, 0.5) is 0 Å². The van der Waals surface area contributed by atoms with Crippen molar-refractivity contribution in [3.8, 4) is 11.5 Å². The SMILES string of the molecule is COc1cc(C=O)cc(Cl)c1OCc1ccn(C(C)C)n1. The molecule has 2 rings (SSSR count). The number of halogens is 1. The van der Waals surface area contributed by atoms with E-state index in [1.807, 2.05) is 16.9 Å². The van der Waals surface area contributed by atoms with Crippen LogP contribution in [0.1, 0.15) is 35.9 Å². The van der Waals surface area contributed by atoms with Crippen LogP contribution in [-0.2, 0) is 6.61 Å². The van der Waals surface area contributed by atoms with Crippen LogP contribution in [0.2, 0.25) is 5.02 Å². The van der Waals surface area contributed by atoms with E-state index in [9.17, 15) is 4.79 Å². The number of hydrogen-bond donors (Lipinski definition) is 0. The Morgan fingerprint density at radius 2 is 2.19 bits per heavy atom. The van der Waals surface area contributed by atoms with Crippen molar-refractivity contribution < 1.29 is 14.3 Å². The minimum Gasteiger partial charge on any atom is -0.493 e. The summed E-state index contributed by atoms with van der Waals surface area (Å²) >= 11 is 6.12. The van der Waals surface area contributed by atoms with Crippen molar-refractivity contribution in [2.24, 2.45) is 0 Å². The van der Waals surface area contributed by atoms with E-state index in [1.54, 1.807) is 12.1 Å². The Labute approximate surface area is 128 Å². The number of carbonyl (C=O) groups is 1. The molecule has 0 unspecified atom stereocenters. The van der Waals surface area contributed by atoms with Crippen LogP contribution in [0.5, 0.6) is 11.5 Å². The van der Waals surface area contributed by atoms with Gasteiger partial charge in [0.15, 0.2) is 11.5 Å². The van der Waals surface area contributed by atoms with E-state index >= 15 is 0 Å². The average molecular weight is 309 g/mol. The maximum absolute atomic E-state index is 10.8. The molecule has 0 amide bonds. The highest BCUT2D eigenvalue weighted by Gasteiger charge is 2.13. The van der Waals surface area contributed by atoms with Crippen molar-refractivity contribution in [3.05, 3.63) is 40.7 Å². The van der Waals surface area contributed by atoms with Gasteiger partial charge < -0.3 is 9.47 Å². The van der Waals surface area contributed by atoms with Crippen molar-refractivity contribution >= 4 is 17.9 Å². The molecular weight excluding hydrogens is 292 g/mol. The first-order valence-electron chi connectivity index (χ1n) is 6.54. The first-order valence-corrected chi connectivity index (χ1v) is 6.92. The van der Waals surface area contributed by atoms with E-state index in [-0.39, 0.29) is 6.61 Å². The Kier molecular flexibility index (Phi) is 4.85. The lowest BCUT2D eigenvalue weighted by Gasteiger charge is -2.12. The maximum atomic E-state index is 10.8. The van der Waals surface area contributed by atoms with Crippen LogP contribution >= 0.6 is 11.6 Å². The lowest BCUT2D eigenvalue weighted by atomic mass is 10.2. The lowest BCUT2D eigenvalue weighted by Crippen LogP contribution is -2.04. The lowest BCUT2D eigenvalue weighted by molar-refractivity contribution is 0.112. The number of rotatable bonds is 6. The smallest absolute Gasteiger partial charge is 0.180 e. The fourth-order valence-corrected chi connectivity index (χ4v) is 2.11. The van der Waals surface area contributed by atoms with Crippen molar-refractivity contribution in [1.29, 1.82) is 0 Å². The molecule has 0 saturated heterocycles. The number of aldehydes is 1. The summed E-state index contributed by atoms with van der Waals surface area (Å²) in [4.78, 5) is 10.8. The summed E-state index contributed by atoms with van der Waals surface area (Å²) in [5.74, 6) is 0.830. The van der Waals surface area contributed by atoms with Crippen LogP contribution in [0.15, 0.2) is 24.4 Å². The van der Waals surface area contributed by atoms with E-state index in [1.165, 1.54) is 7.11 Å². The molecule has 0 N–H and O–H groups in total. The minimum atomic E-state index is 0.274. The molecule has 1 heterocycles. The molecule has 5 nitrogen and oxygen atoms in total. The van der Waals surface area contributed by atoms with Gasteiger partial charge in [0, 0.05) is 17.8 Å². The van der Waals surface area contributed by atoms with Gasteiger partial charge in [0.1, 0.15) is 12.9 Å². The van der Waals surface area contributed by atoms with E-state index < -0.39 is 0 Å². The number of carbonyl (C=O) groups excluding carboxylic acids is 1. The first-order chi connectivity index (χ1) is 10.0. The normalized spacial score (nSPS) is 10.7. The van der Waals surface area contributed by atoms with Crippen LogP contribution in [-0.4, -0.2) is 23.2 Å². The van der Waals surface area contributed by atoms with Gasteiger partial charge in [-0.3, -0.25) is 9.48 Å². The minimum absolute atomic E-state index is 0.274. The molecule has 21 heavy (non-hydrogen) atoms. The number of benzene rings is 1. The van der Waals surface area contributed by atoms with Crippen molar-refractivity contribution in [3.63, 3.8) is 0 Å². The van der Waals surface area contributed by atoms with Crippen LogP contribution in [0.25, 0.3) is 0 Å². The molecule has 0 fully saturated rings. The van der Waals surface area contributed by atoms with E-state index in [0.29, 0.717) is 34.4 Å². The Morgan fingerprint density at radius 3 is 2.76 bits per heavy atom. The number of ether oxygens (including phenoxy) is 2. The summed E-state index contributed by atoms with van der Waals surface area (Å²) in [6.07, 6.45) is 2.61. The molecule has 1 aromatic carbocycles. The molecule has 0 aliphatic carbocycles. The fourth-order valence-electron chi connectivity index (χ4n) is 1.84. The first kappa shape index (κ1) is 15.4. The van der Waals surface area contributed by atoms with Crippen LogP contribution < -0.4 is 9.47 Å².